The summed E-state index contributed by atoms with van der Waals surface area (Å²) in [5, 5.41) is 0. The molecule has 0 fully saturated rings. The molecular formula is C9H9F2NS. The molecule has 0 heterocycles. The van der Waals surface area contributed by atoms with Gasteiger partial charge in [-0.25, -0.2) is 13.2 Å². The van der Waals surface area contributed by atoms with Gasteiger partial charge in [0.25, 0.3) is 0 Å². The molecule has 0 aliphatic carbocycles. The molecule has 0 saturated carbocycles. The largest absolute Gasteiger partial charge is 0.224 e. The Morgan fingerprint density at radius 2 is 2.00 bits per heavy atom. The van der Waals surface area contributed by atoms with Crippen LogP contribution < -0.4 is 0 Å². The molecule has 13 heavy (non-hydrogen) atoms. The van der Waals surface area contributed by atoms with Gasteiger partial charge in [0, 0.05) is 5.56 Å². The molecule has 0 radical (unpaired) electrons. The van der Waals surface area contributed by atoms with E-state index in [1.165, 1.54) is 6.07 Å². The average Bonchev–Trinajstić information content (AvgIpc) is 2.10. The van der Waals surface area contributed by atoms with Gasteiger partial charge in [0.15, 0.2) is 11.6 Å². The Morgan fingerprint density at radius 1 is 1.38 bits per heavy atom. The van der Waals surface area contributed by atoms with Gasteiger partial charge in [-0.2, -0.15) is 0 Å². The summed E-state index contributed by atoms with van der Waals surface area (Å²) in [4.78, 5) is 0. The summed E-state index contributed by atoms with van der Waals surface area (Å²) >= 11 is 3.64. The van der Waals surface area contributed by atoms with Crippen molar-refractivity contribution < 1.29 is 8.78 Å². The van der Waals surface area contributed by atoms with E-state index in [1.54, 1.807) is 13.8 Å². The lowest BCUT2D eigenvalue weighted by Gasteiger charge is -2.03. The third kappa shape index (κ3) is 2.06. The first-order chi connectivity index (χ1) is 6.06. The predicted molar refractivity (Wildman–Crippen MR) is 52.3 cm³/mol. The maximum absolute atomic E-state index is 13.1. The first-order valence-electron chi connectivity index (χ1n) is 3.71. The van der Waals surface area contributed by atoms with E-state index in [4.69, 9.17) is 0 Å². The highest BCUT2D eigenvalue weighted by Gasteiger charge is 2.11. The molecule has 1 aromatic rings. The number of halogens is 2. The Bertz CT molecular complexity index is 361. The van der Waals surface area contributed by atoms with E-state index >= 15 is 0 Å². The van der Waals surface area contributed by atoms with Crippen LogP contribution in [0.2, 0.25) is 0 Å². The van der Waals surface area contributed by atoms with E-state index in [0.29, 0.717) is 11.3 Å². The van der Waals surface area contributed by atoms with Gasteiger partial charge in [-0.1, -0.05) is 0 Å². The zero-order valence-corrected chi connectivity index (χ0v) is 8.20. The van der Waals surface area contributed by atoms with Crippen molar-refractivity contribution in [1.82, 2.24) is 0 Å². The van der Waals surface area contributed by atoms with Crippen LogP contribution in [0.25, 0.3) is 0 Å². The molecule has 70 valence electrons. The van der Waals surface area contributed by atoms with E-state index in [1.807, 2.05) is 0 Å². The monoisotopic (exact) mass is 201 g/mol. The van der Waals surface area contributed by atoms with Crippen molar-refractivity contribution in [2.45, 2.75) is 13.8 Å². The summed E-state index contributed by atoms with van der Waals surface area (Å²) in [6.07, 6.45) is 0. The van der Waals surface area contributed by atoms with Gasteiger partial charge in [0.2, 0.25) is 0 Å². The number of thiol groups is 1. The molecule has 0 unspecified atom stereocenters. The van der Waals surface area contributed by atoms with Crippen molar-refractivity contribution in [3.63, 3.8) is 0 Å². The summed E-state index contributed by atoms with van der Waals surface area (Å²) < 4.78 is 29.5. The molecule has 0 spiro atoms. The molecule has 4 heteroatoms. The van der Waals surface area contributed by atoms with E-state index in [-0.39, 0.29) is 5.56 Å². The second kappa shape index (κ2) is 3.87. The Balaban J connectivity index is 3.37. The number of aryl methyl sites for hydroxylation is 1. The van der Waals surface area contributed by atoms with Crippen molar-refractivity contribution in [2.24, 2.45) is 4.40 Å². The Kier molecular flexibility index (Phi) is 3.03. The molecule has 0 bridgehead atoms. The van der Waals surface area contributed by atoms with Crippen LogP contribution in [-0.4, -0.2) is 5.71 Å². The molecule has 0 aliphatic rings. The fraction of sp³-hybridized carbons (Fsp3) is 0.222. The van der Waals surface area contributed by atoms with Crippen LogP contribution in [0.5, 0.6) is 0 Å². The van der Waals surface area contributed by atoms with E-state index in [9.17, 15) is 8.78 Å². The molecule has 1 rings (SSSR count). The third-order valence-electron chi connectivity index (χ3n) is 1.71. The van der Waals surface area contributed by atoms with Crippen molar-refractivity contribution in [1.29, 1.82) is 0 Å². The lowest BCUT2D eigenvalue weighted by molar-refractivity contribution is 0.506. The summed E-state index contributed by atoms with van der Waals surface area (Å²) in [5.41, 5.74) is 1.18. The predicted octanol–water partition coefficient (Wildman–Crippen LogP) is 2.93. The topological polar surface area (TPSA) is 12.4 Å². The number of hydrogen-bond acceptors (Lipinski definition) is 2. The van der Waals surface area contributed by atoms with Crippen LogP contribution in [0.15, 0.2) is 16.5 Å². The van der Waals surface area contributed by atoms with Gasteiger partial charge in [0.05, 0.1) is 5.71 Å². The van der Waals surface area contributed by atoms with Crippen LogP contribution in [0, 0.1) is 18.6 Å². The lowest BCUT2D eigenvalue weighted by Crippen LogP contribution is -2.01. The quantitative estimate of drug-likeness (QED) is 0.530. The second-order valence-electron chi connectivity index (χ2n) is 2.79. The van der Waals surface area contributed by atoms with Gasteiger partial charge in [-0.05, 0) is 44.4 Å². The standard InChI is InChI=1S/C9H9F2NS/c1-5-3-7(6(2)12-13)9(11)8(10)4-5/h3-4,13H,1-2H3/b12-6+. The van der Waals surface area contributed by atoms with Gasteiger partial charge in [-0.3, -0.25) is 0 Å². The minimum Gasteiger partial charge on any atom is -0.224 e. The SMILES string of the molecule is C/C(=N\S)c1cc(C)cc(F)c1F. The summed E-state index contributed by atoms with van der Waals surface area (Å²) in [7, 11) is 0. The van der Waals surface area contributed by atoms with Crippen molar-refractivity contribution >= 4 is 18.5 Å². The Morgan fingerprint density at radius 3 is 2.54 bits per heavy atom. The lowest BCUT2D eigenvalue weighted by atomic mass is 10.1. The zero-order valence-electron chi connectivity index (χ0n) is 7.31. The van der Waals surface area contributed by atoms with E-state index < -0.39 is 11.6 Å². The smallest absolute Gasteiger partial charge is 0.167 e. The Labute approximate surface area is 81.0 Å². The molecule has 0 N–H and O–H groups in total. The average molecular weight is 201 g/mol. The minimum absolute atomic E-state index is 0.160. The highest BCUT2D eigenvalue weighted by atomic mass is 32.1. The van der Waals surface area contributed by atoms with Gasteiger partial charge in [0.1, 0.15) is 0 Å². The van der Waals surface area contributed by atoms with Crippen LogP contribution in [0.4, 0.5) is 8.78 Å². The number of nitrogens with zero attached hydrogens (tertiary/aromatic N) is 1. The van der Waals surface area contributed by atoms with Crippen LogP contribution in [0.1, 0.15) is 18.1 Å². The molecule has 0 saturated heterocycles. The molecule has 1 aromatic carbocycles. The van der Waals surface area contributed by atoms with E-state index in [2.05, 4.69) is 17.2 Å². The molecule has 1 nitrogen and oxygen atoms in total. The van der Waals surface area contributed by atoms with Gasteiger partial charge in [-0.15, -0.1) is 0 Å². The molecule has 0 aliphatic heterocycles. The fourth-order valence-electron chi connectivity index (χ4n) is 1.04. The van der Waals surface area contributed by atoms with E-state index in [0.717, 1.165) is 6.07 Å². The van der Waals surface area contributed by atoms with Crippen molar-refractivity contribution in [3.8, 4) is 0 Å². The highest BCUT2D eigenvalue weighted by molar-refractivity contribution is 7.79. The number of rotatable bonds is 1. The van der Waals surface area contributed by atoms with Crippen LogP contribution in [0.3, 0.4) is 0 Å². The molecule has 0 atom stereocenters. The maximum atomic E-state index is 13.1. The maximum Gasteiger partial charge on any atom is 0.167 e. The van der Waals surface area contributed by atoms with Crippen molar-refractivity contribution in [2.75, 3.05) is 0 Å². The first kappa shape index (κ1) is 10.2. The third-order valence-corrected chi connectivity index (χ3v) is 2.01. The van der Waals surface area contributed by atoms with Crippen LogP contribution >= 0.6 is 12.8 Å². The summed E-state index contributed by atoms with van der Waals surface area (Å²) in [5.74, 6) is -1.73. The zero-order chi connectivity index (χ0) is 10.0. The summed E-state index contributed by atoms with van der Waals surface area (Å²) in [6.45, 7) is 3.27. The first-order valence-corrected chi connectivity index (χ1v) is 4.11. The van der Waals surface area contributed by atoms with Crippen molar-refractivity contribution in [3.05, 3.63) is 34.9 Å². The minimum atomic E-state index is -0.874. The Hall–Kier alpha value is -0.900. The molecular weight excluding hydrogens is 192 g/mol. The number of hydrogen-bond donors (Lipinski definition) is 1. The summed E-state index contributed by atoms with van der Waals surface area (Å²) in [6, 6.07) is 2.68. The second-order valence-corrected chi connectivity index (χ2v) is 2.99. The van der Waals surface area contributed by atoms with Gasteiger partial charge >= 0.3 is 0 Å². The normalized spacial score (nSPS) is 11.9. The molecule has 0 amide bonds. The number of benzene rings is 1. The van der Waals surface area contributed by atoms with Gasteiger partial charge < -0.3 is 0 Å². The fourth-order valence-corrected chi connectivity index (χ4v) is 1.15. The molecule has 0 aromatic heterocycles. The highest BCUT2D eigenvalue weighted by Crippen LogP contribution is 2.15. The van der Waals surface area contributed by atoms with Crippen LogP contribution in [-0.2, 0) is 0 Å².